The van der Waals surface area contributed by atoms with Crippen LogP contribution in [0.3, 0.4) is 0 Å². The number of nitrogens with one attached hydrogen (secondary N) is 1. The number of anilines is 1. The fourth-order valence-electron chi connectivity index (χ4n) is 2.80. The molecule has 2 aromatic carbocycles. The third kappa shape index (κ3) is 4.94. The number of hydrogen-bond acceptors (Lipinski definition) is 5. The van der Waals surface area contributed by atoms with E-state index >= 15 is 0 Å². The third-order valence-electron chi connectivity index (χ3n) is 4.13. The molecule has 0 radical (unpaired) electrons. The summed E-state index contributed by atoms with van der Waals surface area (Å²) in [6, 6.07) is 15.0. The average molecular weight is 443 g/mol. The zero-order valence-corrected chi connectivity index (χ0v) is 17.2. The van der Waals surface area contributed by atoms with E-state index in [0.717, 1.165) is 15.8 Å². The molecule has 2 aromatic heterocycles. The standard InChI is InChI=1S/C22H16ClFN2O3S/c23-15-3-1-2-14(10-15)12-28-13-21(27)26-16-4-5-19(17(24)11-16)29-20-6-8-25-18-7-9-30-22(18)20/h1-11H,12-13H2,(H,26,27). The number of amides is 1. The first-order valence-electron chi connectivity index (χ1n) is 9.00. The van der Waals surface area contributed by atoms with Crippen LogP contribution in [0.1, 0.15) is 5.56 Å². The van der Waals surface area contributed by atoms with E-state index in [-0.39, 0.29) is 24.9 Å². The van der Waals surface area contributed by atoms with Gasteiger partial charge in [0.2, 0.25) is 5.91 Å². The van der Waals surface area contributed by atoms with Crippen molar-refractivity contribution >= 4 is 44.7 Å². The Morgan fingerprint density at radius 2 is 2.03 bits per heavy atom. The van der Waals surface area contributed by atoms with E-state index in [9.17, 15) is 9.18 Å². The van der Waals surface area contributed by atoms with Crippen molar-refractivity contribution in [3.63, 3.8) is 0 Å². The van der Waals surface area contributed by atoms with Gasteiger partial charge in [-0.2, -0.15) is 0 Å². The van der Waals surface area contributed by atoms with E-state index in [4.69, 9.17) is 21.1 Å². The molecule has 2 heterocycles. The lowest BCUT2D eigenvalue weighted by Crippen LogP contribution is -2.18. The van der Waals surface area contributed by atoms with E-state index < -0.39 is 5.82 Å². The Morgan fingerprint density at radius 1 is 1.13 bits per heavy atom. The van der Waals surface area contributed by atoms with Crippen LogP contribution < -0.4 is 10.1 Å². The maximum absolute atomic E-state index is 14.5. The van der Waals surface area contributed by atoms with Gasteiger partial charge in [-0.15, -0.1) is 11.3 Å². The topological polar surface area (TPSA) is 60.5 Å². The maximum atomic E-state index is 14.5. The molecule has 0 aliphatic rings. The van der Waals surface area contributed by atoms with Crippen LogP contribution in [-0.4, -0.2) is 17.5 Å². The van der Waals surface area contributed by atoms with Crippen LogP contribution in [0, 0.1) is 5.82 Å². The first kappa shape index (κ1) is 20.3. The number of hydrogen-bond donors (Lipinski definition) is 1. The van der Waals surface area contributed by atoms with Gasteiger partial charge in [-0.05, 0) is 41.3 Å². The Morgan fingerprint density at radius 3 is 2.87 bits per heavy atom. The zero-order valence-electron chi connectivity index (χ0n) is 15.6. The van der Waals surface area contributed by atoms with Crippen LogP contribution in [0.4, 0.5) is 10.1 Å². The summed E-state index contributed by atoms with van der Waals surface area (Å²) in [6.07, 6.45) is 1.61. The van der Waals surface area contributed by atoms with E-state index in [0.29, 0.717) is 16.5 Å². The first-order chi connectivity index (χ1) is 14.6. The number of benzene rings is 2. The van der Waals surface area contributed by atoms with Crippen molar-refractivity contribution < 1.29 is 18.7 Å². The molecule has 4 aromatic rings. The van der Waals surface area contributed by atoms with E-state index in [2.05, 4.69) is 10.3 Å². The molecule has 5 nitrogen and oxygen atoms in total. The van der Waals surface area contributed by atoms with Gasteiger partial charge in [0.15, 0.2) is 11.6 Å². The number of ether oxygens (including phenoxy) is 2. The Kier molecular flexibility index (Phi) is 6.23. The molecule has 0 aliphatic carbocycles. The molecule has 1 N–H and O–H groups in total. The first-order valence-corrected chi connectivity index (χ1v) is 10.3. The van der Waals surface area contributed by atoms with Crippen molar-refractivity contribution in [1.82, 2.24) is 4.98 Å². The predicted octanol–water partition coefficient (Wildman–Crippen LogP) is 6.04. The number of carbonyl (C=O) groups is 1. The second-order valence-corrected chi connectivity index (χ2v) is 7.71. The van der Waals surface area contributed by atoms with Crippen LogP contribution in [-0.2, 0) is 16.1 Å². The van der Waals surface area contributed by atoms with Crippen LogP contribution in [0.5, 0.6) is 11.5 Å². The summed E-state index contributed by atoms with van der Waals surface area (Å²) in [6.45, 7) is 0.0814. The number of carbonyl (C=O) groups excluding carboxylic acids is 1. The molecule has 4 rings (SSSR count). The molecule has 0 saturated heterocycles. The summed E-state index contributed by atoms with van der Waals surface area (Å²) < 4.78 is 26.4. The largest absolute Gasteiger partial charge is 0.453 e. The van der Waals surface area contributed by atoms with Gasteiger partial charge in [-0.1, -0.05) is 23.7 Å². The molecule has 0 unspecified atom stereocenters. The highest BCUT2D eigenvalue weighted by Gasteiger charge is 2.11. The van der Waals surface area contributed by atoms with Crippen LogP contribution in [0.2, 0.25) is 5.02 Å². The summed E-state index contributed by atoms with van der Waals surface area (Å²) in [4.78, 5) is 16.3. The second kappa shape index (κ2) is 9.21. The summed E-state index contributed by atoms with van der Waals surface area (Å²) in [5, 5.41) is 5.10. The quantitative estimate of drug-likeness (QED) is 0.379. The molecular weight excluding hydrogens is 427 g/mol. The molecule has 0 fully saturated rings. The number of pyridine rings is 1. The fraction of sp³-hybridized carbons (Fsp3) is 0.0909. The Labute approximate surface area is 181 Å². The van der Waals surface area contributed by atoms with Gasteiger partial charge in [0.25, 0.3) is 0 Å². The van der Waals surface area contributed by atoms with Gasteiger partial charge in [-0.25, -0.2) is 4.39 Å². The molecule has 30 heavy (non-hydrogen) atoms. The van der Waals surface area contributed by atoms with Crippen molar-refractivity contribution in [3.8, 4) is 11.5 Å². The summed E-state index contributed by atoms with van der Waals surface area (Å²) >= 11 is 7.38. The van der Waals surface area contributed by atoms with Gasteiger partial charge in [0, 0.05) is 29.0 Å². The second-order valence-electron chi connectivity index (χ2n) is 6.36. The molecular formula is C22H16ClFN2O3S. The molecule has 152 valence electrons. The smallest absolute Gasteiger partial charge is 0.250 e. The van der Waals surface area contributed by atoms with Crippen molar-refractivity contribution in [1.29, 1.82) is 0 Å². The number of rotatable bonds is 7. The highest BCUT2D eigenvalue weighted by molar-refractivity contribution is 7.17. The molecule has 0 aliphatic heterocycles. The summed E-state index contributed by atoms with van der Waals surface area (Å²) in [5.41, 5.74) is 1.96. The Hall–Kier alpha value is -3.00. The molecule has 8 heteroatoms. The molecule has 0 atom stereocenters. The predicted molar refractivity (Wildman–Crippen MR) is 116 cm³/mol. The maximum Gasteiger partial charge on any atom is 0.250 e. The van der Waals surface area contributed by atoms with Crippen molar-refractivity contribution in [2.45, 2.75) is 6.61 Å². The molecule has 0 spiro atoms. The summed E-state index contributed by atoms with van der Waals surface area (Å²) in [7, 11) is 0. The zero-order chi connectivity index (χ0) is 20.9. The Balaban J connectivity index is 1.35. The van der Waals surface area contributed by atoms with Crippen molar-refractivity contribution in [3.05, 3.63) is 82.6 Å². The number of aromatic nitrogens is 1. The number of halogens is 2. The minimum atomic E-state index is -0.589. The van der Waals surface area contributed by atoms with Gasteiger partial charge in [0.1, 0.15) is 12.4 Å². The van der Waals surface area contributed by atoms with Crippen LogP contribution >= 0.6 is 22.9 Å². The highest BCUT2D eigenvalue weighted by atomic mass is 35.5. The van der Waals surface area contributed by atoms with Gasteiger partial charge in [0.05, 0.1) is 16.8 Å². The molecule has 0 bridgehead atoms. The van der Waals surface area contributed by atoms with Gasteiger partial charge in [-0.3, -0.25) is 9.78 Å². The fourth-order valence-corrected chi connectivity index (χ4v) is 3.81. The van der Waals surface area contributed by atoms with Crippen molar-refractivity contribution in [2.24, 2.45) is 0 Å². The summed E-state index contributed by atoms with van der Waals surface area (Å²) in [5.74, 6) is -0.389. The normalized spacial score (nSPS) is 10.9. The minimum absolute atomic E-state index is 0.0612. The third-order valence-corrected chi connectivity index (χ3v) is 5.29. The van der Waals surface area contributed by atoms with Crippen LogP contribution in [0.15, 0.2) is 66.2 Å². The lowest BCUT2D eigenvalue weighted by Gasteiger charge is -2.10. The molecule has 1 amide bonds. The minimum Gasteiger partial charge on any atom is -0.453 e. The van der Waals surface area contributed by atoms with Gasteiger partial charge >= 0.3 is 0 Å². The number of nitrogens with zero attached hydrogens (tertiary/aromatic N) is 1. The van der Waals surface area contributed by atoms with E-state index in [1.54, 1.807) is 30.5 Å². The van der Waals surface area contributed by atoms with E-state index in [1.165, 1.54) is 23.5 Å². The lowest BCUT2D eigenvalue weighted by atomic mass is 10.2. The van der Waals surface area contributed by atoms with Gasteiger partial charge < -0.3 is 14.8 Å². The van der Waals surface area contributed by atoms with E-state index in [1.807, 2.05) is 23.6 Å². The lowest BCUT2D eigenvalue weighted by molar-refractivity contribution is -0.121. The number of fused-ring (bicyclic) bond motifs is 1. The SMILES string of the molecule is O=C(COCc1cccc(Cl)c1)Nc1ccc(Oc2ccnc3ccsc23)c(F)c1. The monoisotopic (exact) mass is 442 g/mol. The average Bonchev–Trinajstić information content (AvgIpc) is 3.20. The highest BCUT2D eigenvalue weighted by Crippen LogP contribution is 2.34. The van der Waals surface area contributed by atoms with Crippen LogP contribution in [0.25, 0.3) is 10.2 Å². The molecule has 0 saturated carbocycles. The Bertz CT molecular complexity index is 1200. The number of thiophene rings is 1. The van der Waals surface area contributed by atoms with Crippen molar-refractivity contribution in [2.75, 3.05) is 11.9 Å².